The maximum atomic E-state index is 6.32. The Kier molecular flexibility index (Phi) is 5.00. The average Bonchev–Trinajstić information content (AvgIpc) is 3.53. The minimum atomic E-state index is -0.388. The molecule has 182 valence electrons. The van der Waals surface area contributed by atoms with Crippen molar-refractivity contribution in [1.82, 2.24) is 4.98 Å². The van der Waals surface area contributed by atoms with E-state index >= 15 is 0 Å². The number of hydrogen-bond donors (Lipinski definition) is 0. The third-order valence-corrected chi connectivity index (χ3v) is 9.02. The van der Waals surface area contributed by atoms with Gasteiger partial charge in [0.2, 0.25) is 0 Å². The minimum absolute atomic E-state index is 0.370. The summed E-state index contributed by atoms with van der Waals surface area (Å²) in [7, 11) is -0.388. The van der Waals surface area contributed by atoms with Crippen LogP contribution in [0.2, 0.25) is 0 Å². The van der Waals surface area contributed by atoms with E-state index in [0.29, 0.717) is 0 Å². The molecule has 0 atom stereocenters. The normalized spacial score (nSPS) is 19.4. The molecule has 1 saturated heterocycles. The second-order valence-corrected chi connectivity index (χ2v) is 11.9. The van der Waals surface area contributed by atoms with Gasteiger partial charge < -0.3 is 9.31 Å². The summed E-state index contributed by atoms with van der Waals surface area (Å²) in [5.41, 5.74) is 7.04. The molecule has 1 aromatic heterocycles. The summed E-state index contributed by atoms with van der Waals surface area (Å²) in [6, 6.07) is 23.3. The highest BCUT2D eigenvalue weighted by molar-refractivity contribution is 7.21. The fourth-order valence-corrected chi connectivity index (χ4v) is 6.18. The largest absolute Gasteiger partial charge is 0.494 e. The highest BCUT2D eigenvalue weighted by Crippen LogP contribution is 2.38. The van der Waals surface area contributed by atoms with E-state index in [9.17, 15) is 0 Å². The van der Waals surface area contributed by atoms with Crippen LogP contribution in [0.3, 0.4) is 0 Å². The van der Waals surface area contributed by atoms with Gasteiger partial charge in [-0.1, -0.05) is 66.7 Å². The van der Waals surface area contributed by atoms with E-state index in [-0.39, 0.29) is 18.3 Å². The highest BCUT2D eigenvalue weighted by Gasteiger charge is 2.51. The number of rotatable bonds is 3. The van der Waals surface area contributed by atoms with Gasteiger partial charge >= 0.3 is 7.12 Å². The molecule has 1 fully saturated rings. The molecule has 37 heavy (non-hydrogen) atoms. The monoisotopic (exact) mass is 502 g/mol. The molecular weight excluding hydrogens is 475 g/mol. The lowest BCUT2D eigenvalue weighted by molar-refractivity contribution is 0.00578. The Bertz CT molecular complexity index is 1750. The van der Waals surface area contributed by atoms with Crippen LogP contribution in [0, 0.1) is 0 Å². The van der Waals surface area contributed by atoms with Crippen molar-refractivity contribution in [3.8, 4) is 10.6 Å². The van der Waals surface area contributed by atoms with Gasteiger partial charge in [-0.3, -0.25) is 0 Å². The average molecular weight is 502 g/mol. The zero-order valence-electron chi connectivity index (χ0n) is 21.4. The number of benzene rings is 3. The number of nitrogens with zero attached hydrogens (tertiary/aromatic N) is 2. The van der Waals surface area contributed by atoms with Crippen LogP contribution >= 0.6 is 11.3 Å². The van der Waals surface area contributed by atoms with Crippen molar-refractivity contribution < 1.29 is 9.31 Å². The molecular formula is C31H27BN2O2S. The van der Waals surface area contributed by atoms with Crippen molar-refractivity contribution >= 4 is 45.3 Å². The summed E-state index contributed by atoms with van der Waals surface area (Å²) in [5.74, 6) is 0. The van der Waals surface area contributed by atoms with Crippen LogP contribution in [-0.2, 0) is 9.31 Å². The van der Waals surface area contributed by atoms with Gasteiger partial charge in [0.25, 0.3) is 0 Å². The maximum absolute atomic E-state index is 6.32. The van der Waals surface area contributed by atoms with Crippen molar-refractivity contribution in [2.24, 2.45) is 4.99 Å². The van der Waals surface area contributed by atoms with E-state index < -0.39 is 0 Å². The van der Waals surface area contributed by atoms with E-state index in [4.69, 9.17) is 19.3 Å². The van der Waals surface area contributed by atoms with Gasteiger partial charge in [0.05, 0.1) is 32.5 Å². The fourth-order valence-electron chi connectivity index (χ4n) is 5.18. The number of hydrogen-bond acceptors (Lipinski definition) is 5. The van der Waals surface area contributed by atoms with Crippen LogP contribution < -0.4 is 16.0 Å². The molecule has 3 heterocycles. The summed E-state index contributed by atoms with van der Waals surface area (Å²) in [5, 5.41) is 3.27. The van der Waals surface area contributed by atoms with Crippen molar-refractivity contribution in [2.75, 3.05) is 0 Å². The summed E-state index contributed by atoms with van der Waals surface area (Å²) < 4.78 is 13.8. The molecule has 3 aromatic carbocycles. The van der Waals surface area contributed by atoms with Crippen molar-refractivity contribution in [3.63, 3.8) is 0 Å². The molecule has 7 rings (SSSR count). The summed E-state index contributed by atoms with van der Waals surface area (Å²) in [6.07, 6.45) is 5.32. The number of fused-ring (bicyclic) bond motifs is 3. The molecule has 1 aliphatic carbocycles. The summed E-state index contributed by atoms with van der Waals surface area (Å²) in [6.45, 7) is 8.35. The Balaban J connectivity index is 1.30. The molecule has 6 heteroatoms. The molecule has 0 spiro atoms. The molecule has 0 bridgehead atoms. The van der Waals surface area contributed by atoms with Gasteiger partial charge in [0.1, 0.15) is 5.01 Å². The van der Waals surface area contributed by atoms with E-state index in [0.717, 1.165) is 50.2 Å². The van der Waals surface area contributed by atoms with Gasteiger partial charge in [-0.25, -0.2) is 9.98 Å². The minimum Gasteiger partial charge on any atom is -0.399 e. The fraction of sp³-hybridized carbons (Fsp3) is 0.226. The molecule has 4 aromatic rings. The lowest BCUT2D eigenvalue weighted by atomic mass is 9.77. The summed E-state index contributed by atoms with van der Waals surface area (Å²) >= 11 is 1.74. The van der Waals surface area contributed by atoms with Crippen molar-refractivity contribution in [1.29, 1.82) is 0 Å². The van der Waals surface area contributed by atoms with Crippen molar-refractivity contribution in [3.05, 3.63) is 101 Å². The predicted octanol–water partition coefficient (Wildman–Crippen LogP) is 5.42. The van der Waals surface area contributed by atoms with Crippen LogP contribution in [0.15, 0.2) is 89.6 Å². The Hall–Kier alpha value is -3.32. The van der Waals surface area contributed by atoms with Crippen molar-refractivity contribution in [2.45, 2.75) is 45.3 Å². The van der Waals surface area contributed by atoms with Crippen LogP contribution in [0.5, 0.6) is 0 Å². The zero-order chi connectivity index (χ0) is 25.4. The smallest absolute Gasteiger partial charge is 0.399 e. The maximum Gasteiger partial charge on any atom is 0.494 e. The first-order valence-corrected chi connectivity index (χ1v) is 13.6. The number of allylic oxidation sites excluding steroid dienone is 4. The third kappa shape index (κ3) is 3.66. The van der Waals surface area contributed by atoms with Gasteiger partial charge in [0, 0.05) is 16.4 Å². The van der Waals surface area contributed by atoms with Gasteiger partial charge in [-0.05, 0) is 62.8 Å². The van der Waals surface area contributed by atoms with Crippen LogP contribution in [0.4, 0.5) is 0 Å². The second-order valence-electron chi connectivity index (χ2n) is 10.9. The molecule has 4 nitrogen and oxygen atoms in total. The quantitative estimate of drug-likeness (QED) is 0.352. The van der Waals surface area contributed by atoms with E-state index in [1.165, 1.54) is 15.5 Å². The van der Waals surface area contributed by atoms with Crippen LogP contribution in [0.25, 0.3) is 31.9 Å². The van der Waals surface area contributed by atoms with E-state index in [2.05, 4.69) is 101 Å². The first-order chi connectivity index (χ1) is 17.8. The number of thiazole rings is 1. The SMILES string of the molecule is CC1(C)OB(c2cccc(C3=C4N=c5cc6nc(-c7ccccc7)sc6cc5=C4CC=C3)c2)OC1(C)C. The second kappa shape index (κ2) is 8.09. The lowest BCUT2D eigenvalue weighted by Crippen LogP contribution is -2.41. The highest BCUT2D eigenvalue weighted by atomic mass is 32.1. The summed E-state index contributed by atoms with van der Waals surface area (Å²) in [4.78, 5) is 10.1. The molecule has 0 unspecified atom stereocenters. The molecule has 0 radical (unpaired) electrons. The Labute approximate surface area is 220 Å². The topological polar surface area (TPSA) is 43.7 Å². The number of aromatic nitrogens is 1. The first-order valence-electron chi connectivity index (χ1n) is 12.7. The molecule has 0 saturated carbocycles. The lowest BCUT2D eigenvalue weighted by Gasteiger charge is -2.32. The van der Waals surface area contributed by atoms with Crippen LogP contribution in [0.1, 0.15) is 39.7 Å². The van der Waals surface area contributed by atoms with Gasteiger partial charge in [-0.15, -0.1) is 11.3 Å². The Morgan fingerprint density at radius 3 is 2.41 bits per heavy atom. The Morgan fingerprint density at radius 1 is 0.865 bits per heavy atom. The van der Waals surface area contributed by atoms with Gasteiger partial charge in [0.15, 0.2) is 0 Å². The van der Waals surface area contributed by atoms with E-state index in [1.54, 1.807) is 11.3 Å². The standard InChI is InChI=1S/C31H27BN2O2S/c1-30(2)31(3,4)36-32(35-30)21-13-8-12-20(16-21)22-14-9-15-23-24-17-27-26(18-25(24)33-28(22)23)34-29(37-27)19-10-6-5-7-11-19/h5-14,16-18H,15H2,1-4H3. The zero-order valence-corrected chi connectivity index (χ0v) is 22.2. The molecule has 0 amide bonds. The first kappa shape index (κ1) is 22.8. The van der Waals surface area contributed by atoms with Crippen LogP contribution in [-0.4, -0.2) is 23.3 Å². The van der Waals surface area contributed by atoms with E-state index in [1.807, 2.05) is 6.07 Å². The Morgan fingerprint density at radius 2 is 1.62 bits per heavy atom. The molecule has 3 aliphatic rings. The van der Waals surface area contributed by atoms with Gasteiger partial charge in [-0.2, -0.15) is 0 Å². The third-order valence-electron chi connectivity index (χ3n) is 7.95. The predicted molar refractivity (Wildman–Crippen MR) is 152 cm³/mol. The molecule has 0 N–H and O–H groups in total. The molecule has 2 aliphatic heterocycles.